The standard InChI is InChI=1S/C19H16N2O3S/c1-12-7-9-13(10-8-12)15-11-25-17(16(15)18(22)23)21-19(24)20-14-5-3-2-4-6-14/h2-11H,1H3,(H,22,23)(H2,20,21,24). The van der Waals surface area contributed by atoms with Gasteiger partial charge in [-0.15, -0.1) is 11.3 Å². The van der Waals surface area contributed by atoms with Crippen molar-refractivity contribution in [3.63, 3.8) is 0 Å². The molecule has 0 spiro atoms. The first-order chi connectivity index (χ1) is 12.0. The van der Waals surface area contributed by atoms with E-state index >= 15 is 0 Å². The summed E-state index contributed by atoms with van der Waals surface area (Å²) in [6.45, 7) is 1.97. The topological polar surface area (TPSA) is 78.4 Å². The summed E-state index contributed by atoms with van der Waals surface area (Å²) in [4.78, 5) is 23.9. The van der Waals surface area contributed by atoms with Gasteiger partial charge in [0, 0.05) is 16.6 Å². The number of hydrogen-bond acceptors (Lipinski definition) is 3. The van der Waals surface area contributed by atoms with E-state index in [4.69, 9.17) is 0 Å². The zero-order valence-corrected chi connectivity index (χ0v) is 14.3. The van der Waals surface area contributed by atoms with Gasteiger partial charge in [-0.05, 0) is 24.6 Å². The molecule has 3 rings (SSSR count). The molecule has 0 atom stereocenters. The van der Waals surface area contributed by atoms with E-state index in [1.807, 2.05) is 37.3 Å². The molecule has 3 aromatic rings. The second kappa shape index (κ2) is 7.19. The second-order valence-corrected chi connectivity index (χ2v) is 6.35. The molecule has 1 heterocycles. The van der Waals surface area contributed by atoms with Gasteiger partial charge in [0.1, 0.15) is 10.6 Å². The number of anilines is 2. The van der Waals surface area contributed by atoms with Crippen LogP contribution in [-0.4, -0.2) is 17.1 Å². The van der Waals surface area contributed by atoms with Crippen molar-refractivity contribution in [1.29, 1.82) is 0 Å². The zero-order chi connectivity index (χ0) is 17.8. The fourth-order valence-corrected chi connectivity index (χ4v) is 3.35. The van der Waals surface area contributed by atoms with Crippen molar-refractivity contribution in [2.45, 2.75) is 6.92 Å². The number of nitrogens with one attached hydrogen (secondary N) is 2. The van der Waals surface area contributed by atoms with Gasteiger partial charge in [-0.3, -0.25) is 5.32 Å². The molecule has 2 amide bonds. The summed E-state index contributed by atoms with van der Waals surface area (Å²) >= 11 is 1.19. The molecule has 126 valence electrons. The Labute approximate surface area is 148 Å². The number of amides is 2. The van der Waals surface area contributed by atoms with E-state index in [-0.39, 0.29) is 5.56 Å². The molecule has 5 nitrogen and oxygen atoms in total. The zero-order valence-electron chi connectivity index (χ0n) is 13.4. The number of urea groups is 1. The number of aromatic carboxylic acids is 1. The van der Waals surface area contributed by atoms with Crippen molar-refractivity contribution in [1.82, 2.24) is 0 Å². The van der Waals surface area contributed by atoms with Crippen LogP contribution in [0.5, 0.6) is 0 Å². The van der Waals surface area contributed by atoms with Gasteiger partial charge < -0.3 is 10.4 Å². The number of thiophene rings is 1. The molecule has 6 heteroatoms. The van der Waals surface area contributed by atoms with Crippen LogP contribution in [0.15, 0.2) is 60.0 Å². The average Bonchev–Trinajstić information content (AvgIpc) is 3.00. The fraction of sp³-hybridized carbons (Fsp3) is 0.0526. The number of benzene rings is 2. The van der Waals surface area contributed by atoms with Crippen molar-refractivity contribution in [3.05, 3.63) is 71.1 Å². The van der Waals surface area contributed by atoms with Crippen molar-refractivity contribution >= 4 is 34.0 Å². The highest BCUT2D eigenvalue weighted by Crippen LogP contribution is 2.35. The van der Waals surface area contributed by atoms with Crippen LogP contribution in [0.25, 0.3) is 11.1 Å². The summed E-state index contributed by atoms with van der Waals surface area (Å²) in [6, 6.07) is 16.1. The highest BCUT2D eigenvalue weighted by molar-refractivity contribution is 7.15. The summed E-state index contributed by atoms with van der Waals surface area (Å²) in [5, 5.41) is 16.9. The molecule has 0 unspecified atom stereocenters. The van der Waals surface area contributed by atoms with Gasteiger partial charge in [-0.2, -0.15) is 0 Å². The maximum atomic E-state index is 12.1. The minimum Gasteiger partial charge on any atom is -0.478 e. The molecule has 3 N–H and O–H groups in total. The van der Waals surface area contributed by atoms with Crippen LogP contribution in [0.3, 0.4) is 0 Å². The maximum absolute atomic E-state index is 12.1. The predicted octanol–water partition coefficient (Wildman–Crippen LogP) is 5.07. The molecule has 0 bridgehead atoms. The summed E-state index contributed by atoms with van der Waals surface area (Å²) in [5.41, 5.74) is 3.21. The van der Waals surface area contributed by atoms with E-state index in [1.165, 1.54) is 11.3 Å². The summed E-state index contributed by atoms with van der Waals surface area (Å²) in [5.74, 6) is -1.08. The van der Waals surface area contributed by atoms with Gasteiger partial charge in [0.15, 0.2) is 0 Å². The van der Waals surface area contributed by atoms with Crippen LogP contribution in [0, 0.1) is 6.92 Å². The Kier molecular flexibility index (Phi) is 4.81. The molecule has 0 aliphatic rings. The molecule has 0 saturated carbocycles. The fourth-order valence-electron chi connectivity index (χ4n) is 2.39. The Bertz CT molecular complexity index is 902. The SMILES string of the molecule is Cc1ccc(-c2csc(NC(=O)Nc3ccccc3)c2C(=O)O)cc1. The molecule has 0 saturated heterocycles. The number of carbonyl (C=O) groups excluding carboxylic acids is 1. The Balaban J connectivity index is 1.85. The van der Waals surface area contributed by atoms with E-state index in [1.54, 1.807) is 29.6 Å². The van der Waals surface area contributed by atoms with E-state index in [0.29, 0.717) is 16.3 Å². The molecular formula is C19H16N2O3S. The Morgan fingerprint density at radius 2 is 1.64 bits per heavy atom. The van der Waals surface area contributed by atoms with Crippen LogP contribution < -0.4 is 10.6 Å². The third-order valence-electron chi connectivity index (χ3n) is 3.63. The largest absolute Gasteiger partial charge is 0.478 e. The number of carboxylic acids is 1. The second-order valence-electron chi connectivity index (χ2n) is 5.47. The molecule has 25 heavy (non-hydrogen) atoms. The number of para-hydroxylation sites is 1. The molecular weight excluding hydrogens is 336 g/mol. The smallest absolute Gasteiger partial charge is 0.339 e. The van der Waals surface area contributed by atoms with E-state index < -0.39 is 12.0 Å². The van der Waals surface area contributed by atoms with Crippen molar-refractivity contribution in [2.24, 2.45) is 0 Å². The Hall–Kier alpha value is -3.12. The van der Waals surface area contributed by atoms with Gasteiger partial charge in [-0.1, -0.05) is 48.0 Å². The first kappa shape index (κ1) is 16.7. The molecule has 0 fully saturated rings. The molecule has 0 aliphatic carbocycles. The van der Waals surface area contributed by atoms with Gasteiger partial charge in [0.2, 0.25) is 0 Å². The number of carbonyl (C=O) groups is 2. The van der Waals surface area contributed by atoms with Crippen LogP contribution >= 0.6 is 11.3 Å². The van der Waals surface area contributed by atoms with Crippen LogP contribution in [0.1, 0.15) is 15.9 Å². The van der Waals surface area contributed by atoms with Crippen LogP contribution in [0.4, 0.5) is 15.5 Å². The maximum Gasteiger partial charge on any atom is 0.339 e. The molecule has 2 aromatic carbocycles. The lowest BCUT2D eigenvalue weighted by molar-refractivity contribution is 0.0699. The van der Waals surface area contributed by atoms with E-state index in [9.17, 15) is 14.7 Å². The lowest BCUT2D eigenvalue weighted by Gasteiger charge is -2.08. The predicted molar refractivity (Wildman–Crippen MR) is 101 cm³/mol. The molecule has 0 radical (unpaired) electrons. The van der Waals surface area contributed by atoms with Crippen LogP contribution in [-0.2, 0) is 0 Å². The number of aryl methyl sites for hydroxylation is 1. The van der Waals surface area contributed by atoms with Crippen molar-refractivity contribution in [2.75, 3.05) is 10.6 Å². The number of hydrogen-bond donors (Lipinski definition) is 3. The highest BCUT2D eigenvalue weighted by Gasteiger charge is 2.21. The first-order valence-electron chi connectivity index (χ1n) is 7.59. The van der Waals surface area contributed by atoms with Crippen molar-refractivity contribution in [3.8, 4) is 11.1 Å². The molecule has 0 aliphatic heterocycles. The van der Waals surface area contributed by atoms with Gasteiger partial charge in [0.25, 0.3) is 0 Å². The minimum atomic E-state index is -1.08. The third kappa shape index (κ3) is 3.87. The summed E-state index contributed by atoms with van der Waals surface area (Å²) < 4.78 is 0. The van der Waals surface area contributed by atoms with Gasteiger partial charge in [-0.25, -0.2) is 9.59 Å². The summed E-state index contributed by atoms with van der Waals surface area (Å²) in [6.07, 6.45) is 0. The lowest BCUT2D eigenvalue weighted by atomic mass is 10.0. The number of carboxylic acid groups (broad SMARTS) is 1. The lowest BCUT2D eigenvalue weighted by Crippen LogP contribution is -2.20. The number of rotatable bonds is 4. The minimum absolute atomic E-state index is 0.0945. The normalized spacial score (nSPS) is 10.3. The van der Waals surface area contributed by atoms with E-state index in [0.717, 1.165) is 11.1 Å². The molecule has 1 aromatic heterocycles. The van der Waals surface area contributed by atoms with Gasteiger partial charge in [0.05, 0.1) is 0 Å². The average molecular weight is 352 g/mol. The highest BCUT2D eigenvalue weighted by atomic mass is 32.1. The first-order valence-corrected chi connectivity index (χ1v) is 8.47. The van der Waals surface area contributed by atoms with E-state index in [2.05, 4.69) is 10.6 Å². The van der Waals surface area contributed by atoms with Gasteiger partial charge >= 0.3 is 12.0 Å². The third-order valence-corrected chi connectivity index (χ3v) is 4.52. The Morgan fingerprint density at radius 3 is 2.28 bits per heavy atom. The quantitative estimate of drug-likeness (QED) is 0.614. The van der Waals surface area contributed by atoms with Crippen LogP contribution in [0.2, 0.25) is 0 Å². The summed E-state index contributed by atoms with van der Waals surface area (Å²) in [7, 11) is 0. The Morgan fingerprint density at radius 1 is 0.960 bits per heavy atom. The monoisotopic (exact) mass is 352 g/mol. The van der Waals surface area contributed by atoms with Crippen molar-refractivity contribution < 1.29 is 14.7 Å².